The molecule has 1 fully saturated rings. The maximum Gasteiger partial charge on any atom is 0.303 e. The van der Waals surface area contributed by atoms with Crippen molar-refractivity contribution in [2.45, 2.75) is 43.8 Å². The van der Waals surface area contributed by atoms with Gasteiger partial charge in [0.25, 0.3) is 0 Å². The highest BCUT2D eigenvalue weighted by molar-refractivity contribution is 6.30. The van der Waals surface area contributed by atoms with Crippen LogP contribution in [-0.4, -0.2) is 59.0 Å². The summed E-state index contributed by atoms with van der Waals surface area (Å²) in [5.74, 6) is -0.210. The van der Waals surface area contributed by atoms with Crippen LogP contribution in [0, 0.1) is 5.82 Å². The summed E-state index contributed by atoms with van der Waals surface area (Å²) in [4.78, 5) is 13.0. The molecule has 32 heavy (non-hydrogen) atoms. The summed E-state index contributed by atoms with van der Waals surface area (Å²) < 4.78 is 25.5. The fourth-order valence-electron chi connectivity index (χ4n) is 4.47. The standard InChI is InChI=1S/C24H27ClFNO5/c25-18-3-5-21-17(11-18)13-24(32-21)7-9-27(10-8-24)14-20(28)15-31-22-12-19(26)4-1-16(22)2-6-23(29)30/h1,3-5,11-12,20,28H,2,6-10,13-15H2,(H,29,30)/t20-/m0/s1. The van der Waals surface area contributed by atoms with Gasteiger partial charge in [0.1, 0.15) is 35.6 Å². The number of carbonyl (C=O) groups is 1. The molecule has 0 bridgehead atoms. The fourth-order valence-corrected chi connectivity index (χ4v) is 4.67. The maximum atomic E-state index is 13.6. The fraction of sp³-hybridized carbons (Fsp3) is 0.458. The van der Waals surface area contributed by atoms with Gasteiger partial charge < -0.3 is 24.6 Å². The van der Waals surface area contributed by atoms with Crippen LogP contribution in [0.3, 0.4) is 0 Å². The number of aliphatic carboxylic acids is 1. The van der Waals surface area contributed by atoms with Crippen molar-refractivity contribution in [2.24, 2.45) is 0 Å². The second kappa shape index (κ2) is 9.65. The van der Waals surface area contributed by atoms with Crippen molar-refractivity contribution in [2.75, 3.05) is 26.2 Å². The number of fused-ring (bicyclic) bond motifs is 1. The van der Waals surface area contributed by atoms with Crippen molar-refractivity contribution in [1.29, 1.82) is 0 Å². The summed E-state index contributed by atoms with van der Waals surface area (Å²) in [5, 5.41) is 20.1. The monoisotopic (exact) mass is 463 g/mol. The third-order valence-corrected chi connectivity index (χ3v) is 6.40. The van der Waals surface area contributed by atoms with Gasteiger partial charge in [-0.1, -0.05) is 17.7 Å². The Balaban J connectivity index is 1.26. The molecule has 4 rings (SSSR count). The van der Waals surface area contributed by atoms with E-state index in [0.717, 1.165) is 48.7 Å². The van der Waals surface area contributed by atoms with Crippen molar-refractivity contribution >= 4 is 17.6 Å². The number of piperidine rings is 1. The summed E-state index contributed by atoms with van der Waals surface area (Å²) in [6, 6.07) is 9.78. The Bertz CT molecular complexity index is 977. The Hall–Kier alpha value is -2.35. The van der Waals surface area contributed by atoms with E-state index in [4.69, 9.17) is 26.2 Å². The molecular weight excluding hydrogens is 437 g/mol. The zero-order chi connectivity index (χ0) is 22.7. The van der Waals surface area contributed by atoms with Gasteiger partial charge in [-0.05, 0) is 41.8 Å². The SMILES string of the molecule is O=C(O)CCc1ccc(F)cc1OC[C@@H](O)CN1CCC2(CC1)Cc1cc(Cl)ccc1O2. The molecule has 2 aromatic carbocycles. The van der Waals surface area contributed by atoms with E-state index in [1.54, 1.807) is 0 Å². The number of rotatable bonds is 8. The first kappa shape index (κ1) is 22.8. The minimum Gasteiger partial charge on any atom is -0.490 e. The van der Waals surface area contributed by atoms with E-state index in [-0.39, 0.29) is 30.8 Å². The van der Waals surface area contributed by atoms with Gasteiger partial charge in [-0.3, -0.25) is 4.79 Å². The number of carboxylic acids is 1. The van der Waals surface area contributed by atoms with E-state index >= 15 is 0 Å². The second-order valence-electron chi connectivity index (χ2n) is 8.63. The number of ether oxygens (including phenoxy) is 2. The van der Waals surface area contributed by atoms with Crippen LogP contribution in [0.5, 0.6) is 11.5 Å². The van der Waals surface area contributed by atoms with Crippen LogP contribution in [0.1, 0.15) is 30.4 Å². The Morgan fingerprint density at radius 2 is 2.03 bits per heavy atom. The predicted octanol–water partition coefficient (Wildman–Crippen LogP) is 3.71. The Morgan fingerprint density at radius 1 is 1.25 bits per heavy atom. The van der Waals surface area contributed by atoms with Crippen molar-refractivity contribution in [3.63, 3.8) is 0 Å². The number of aliphatic hydroxyl groups excluding tert-OH is 1. The quantitative estimate of drug-likeness (QED) is 0.621. The molecule has 2 N–H and O–H groups in total. The van der Waals surface area contributed by atoms with Crippen LogP contribution in [0.4, 0.5) is 4.39 Å². The molecule has 1 atom stereocenters. The third-order valence-electron chi connectivity index (χ3n) is 6.17. The number of nitrogens with zero attached hydrogens (tertiary/aromatic N) is 1. The minimum absolute atomic E-state index is 0.00556. The number of halogens is 2. The lowest BCUT2D eigenvalue weighted by Crippen LogP contribution is -2.49. The lowest BCUT2D eigenvalue weighted by atomic mass is 9.87. The third kappa shape index (κ3) is 5.52. The van der Waals surface area contributed by atoms with E-state index in [9.17, 15) is 14.3 Å². The molecule has 0 aromatic heterocycles. The van der Waals surface area contributed by atoms with Crippen molar-refractivity contribution < 1.29 is 28.9 Å². The number of carboxylic acid groups (broad SMARTS) is 1. The van der Waals surface area contributed by atoms with Gasteiger partial charge in [-0.2, -0.15) is 0 Å². The highest BCUT2D eigenvalue weighted by Gasteiger charge is 2.42. The minimum atomic E-state index is -0.930. The lowest BCUT2D eigenvalue weighted by Gasteiger charge is -2.39. The van der Waals surface area contributed by atoms with Gasteiger partial charge >= 0.3 is 5.97 Å². The molecule has 2 heterocycles. The number of benzene rings is 2. The average molecular weight is 464 g/mol. The first-order chi connectivity index (χ1) is 15.3. The van der Waals surface area contributed by atoms with E-state index in [0.29, 0.717) is 12.1 Å². The first-order valence-corrected chi connectivity index (χ1v) is 11.2. The molecule has 2 aromatic rings. The molecule has 0 radical (unpaired) electrons. The summed E-state index contributed by atoms with van der Waals surface area (Å²) >= 11 is 6.10. The van der Waals surface area contributed by atoms with Crippen LogP contribution in [0.15, 0.2) is 36.4 Å². The average Bonchev–Trinajstić information content (AvgIpc) is 3.10. The van der Waals surface area contributed by atoms with Crippen LogP contribution < -0.4 is 9.47 Å². The number of β-amino-alcohol motifs (C(OH)–C–C–N with tert-alkyl or cyclic N) is 1. The summed E-state index contributed by atoms with van der Waals surface area (Å²) in [6.45, 7) is 2.03. The number of aryl methyl sites for hydroxylation is 1. The Labute approximate surface area is 191 Å². The van der Waals surface area contributed by atoms with Gasteiger partial charge in [-0.25, -0.2) is 4.39 Å². The van der Waals surface area contributed by atoms with E-state index in [1.165, 1.54) is 18.2 Å². The van der Waals surface area contributed by atoms with Gasteiger partial charge in [0.15, 0.2) is 0 Å². The van der Waals surface area contributed by atoms with Crippen LogP contribution >= 0.6 is 11.6 Å². The largest absolute Gasteiger partial charge is 0.490 e. The van der Waals surface area contributed by atoms with Gasteiger partial charge in [0, 0.05) is 56.4 Å². The molecule has 8 heteroatoms. The lowest BCUT2D eigenvalue weighted by molar-refractivity contribution is -0.136. The van der Waals surface area contributed by atoms with Crippen LogP contribution in [0.2, 0.25) is 5.02 Å². The molecule has 0 aliphatic carbocycles. The van der Waals surface area contributed by atoms with E-state index < -0.39 is 17.9 Å². The van der Waals surface area contributed by atoms with Crippen molar-refractivity contribution in [3.05, 3.63) is 58.4 Å². The topological polar surface area (TPSA) is 79.2 Å². The zero-order valence-corrected chi connectivity index (χ0v) is 18.5. The first-order valence-electron chi connectivity index (χ1n) is 10.8. The maximum absolute atomic E-state index is 13.6. The molecule has 2 aliphatic heterocycles. The smallest absolute Gasteiger partial charge is 0.303 e. The molecule has 6 nitrogen and oxygen atoms in total. The normalized spacial score (nSPS) is 18.2. The van der Waals surface area contributed by atoms with Crippen LogP contribution in [-0.2, 0) is 17.6 Å². The Morgan fingerprint density at radius 3 is 2.78 bits per heavy atom. The molecular formula is C24H27ClFNO5. The number of aliphatic hydroxyl groups is 1. The van der Waals surface area contributed by atoms with Crippen LogP contribution in [0.25, 0.3) is 0 Å². The highest BCUT2D eigenvalue weighted by atomic mass is 35.5. The summed E-state index contributed by atoms with van der Waals surface area (Å²) in [6.07, 6.45) is 1.98. The molecule has 0 unspecified atom stereocenters. The Kier molecular flexibility index (Phi) is 6.88. The molecule has 172 valence electrons. The molecule has 1 saturated heterocycles. The molecule has 2 aliphatic rings. The van der Waals surface area contributed by atoms with Crippen molar-refractivity contribution in [1.82, 2.24) is 4.90 Å². The van der Waals surface area contributed by atoms with Gasteiger partial charge in [-0.15, -0.1) is 0 Å². The van der Waals surface area contributed by atoms with Crippen molar-refractivity contribution in [3.8, 4) is 11.5 Å². The molecule has 0 saturated carbocycles. The van der Waals surface area contributed by atoms with Gasteiger partial charge in [0.2, 0.25) is 0 Å². The number of hydrogen-bond donors (Lipinski definition) is 2. The summed E-state index contributed by atoms with van der Waals surface area (Å²) in [5.41, 5.74) is 1.55. The summed E-state index contributed by atoms with van der Waals surface area (Å²) in [7, 11) is 0. The molecule has 1 spiro atoms. The predicted molar refractivity (Wildman–Crippen MR) is 118 cm³/mol. The van der Waals surface area contributed by atoms with E-state index in [2.05, 4.69) is 4.90 Å². The van der Waals surface area contributed by atoms with E-state index in [1.807, 2.05) is 18.2 Å². The number of hydrogen-bond acceptors (Lipinski definition) is 5. The van der Waals surface area contributed by atoms with Gasteiger partial charge in [0.05, 0.1) is 0 Å². The number of likely N-dealkylation sites (tertiary alicyclic amines) is 1. The second-order valence-corrected chi connectivity index (χ2v) is 9.06. The molecule has 0 amide bonds. The highest BCUT2D eigenvalue weighted by Crippen LogP contribution is 2.41. The zero-order valence-electron chi connectivity index (χ0n) is 17.7.